The summed E-state index contributed by atoms with van der Waals surface area (Å²) in [6.07, 6.45) is 0. The van der Waals surface area contributed by atoms with E-state index in [9.17, 15) is 13.2 Å². The lowest BCUT2D eigenvalue weighted by atomic mass is 10.2. The van der Waals surface area contributed by atoms with Gasteiger partial charge in [0.25, 0.3) is 5.91 Å². The molecule has 0 saturated carbocycles. The molecule has 0 saturated heterocycles. The van der Waals surface area contributed by atoms with Gasteiger partial charge >= 0.3 is 0 Å². The van der Waals surface area contributed by atoms with Crippen LogP contribution in [0.15, 0.2) is 53.4 Å². The summed E-state index contributed by atoms with van der Waals surface area (Å²) < 4.78 is 27.7. The predicted octanol–water partition coefficient (Wildman–Crippen LogP) is 4.37. The van der Waals surface area contributed by atoms with Gasteiger partial charge in [-0.1, -0.05) is 29.8 Å². The van der Waals surface area contributed by atoms with E-state index in [0.29, 0.717) is 15.6 Å². The molecular formula is C19H18ClN3O3S3. The van der Waals surface area contributed by atoms with Gasteiger partial charge in [0.2, 0.25) is 10.0 Å². The number of carbonyl (C=O) groups is 1. The first-order chi connectivity index (χ1) is 13.7. The van der Waals surface area contributed by atoms with E-state index in [2.05, 4.69) is 15.4 Å². The average molecular weight is 468 g/mol. The van der Waals surface area contributed by atoms with E-state index in [1.165, 1.54) is 23.5 Å². The van der Waals surface area contributed by atoms with E-state index in [1.54, 1.807) is 26.0 Å². The molecule has 3 aromatic rings. The van der Waals surface area contributed by atoms with Crippen LogP contribution in [-0.4, -0.2) is 25.5 Å². The Bertz CT molecular complexity index is 1170. The number of carbonyl (C=O) groups excluding carboxylic acids is 1. The van der Waals surface area contributed by atoms with Crippen LogP contribution in [0.25, 0.3) is 10.1 Å². The first-order valence-corrected chi connectivity index (χ1v) is 11.7. The number of amides is 1. The molecule has 0 aliphatic rings. The lowest BCUT2D eigenvalue weighted by Gasteiger charge is -2.11. The zero-order valence-electron chi connectivity index (χ0n) is 15.5. The molecule has 152 valence electrons. The first-order valence-electron chi connectivity index (χ1n) is 8.59. The fourth-order valence-corrected chi connectivity index (χ4v) is 5.45. The van der Waals surface area contributed by atoms with Crippen LogP contribution in [0.1, 0.15) is 23.5 Å². The van der Waals surface area contributed by atoms with Crippen LogP contribution in [0.3, 0.4) is 0 Å². The fourth-order valence-electron chi connectivity index (χ4n) is 2.58. The van der Waals surface area contributed by atoms with Gasteiger partial charge in [-0.05, 0) is 56.4 Å². The van der Waals surface area contributed by atoms with Gasteiger partial charge in [0.1, 0.15) is 4.88 Å². The summed E-state index contributed by atoms with van der Waals surface area (Å²) in [7, 11) is -3.57. The van der Waals surface area contributed by atoms with Crippen molar-refractivity contribution in [3.8, 4) is 0 Å². The molecule has 0 radical (unpaired) electrons. The number of anilines is 1. The second kappa shape index (κ2) is 8.76. The van der Waals surface area contributed by atoms with Crippen molar-refractivity contribution < 1.29 is 13.2 Å². The summed E-state index contributed by atoms with van der Waals surface area (Å²) in [5.74, 6) is -0.408. The highest BCUT2D eigenvalue weighted by atomic mass is 35.5. The number of hydrogen-bond donors (Lipinski definition) is 3. The maximum absolute atomic E-state index is 12.5. The van der Waals surface area contributed by atoms with Crippen molar-refractivity contribution >= 4 is 72.0 Å². The Morgan fingerprint density at radius 3 is 2.38 bits per heavy atom. The third kappa shape index (κ3) is 5.12. The highest BCUT2D eigenvalue weighted by molar-refractivity contribution is 7.89. The molecule has 2 aromatic carbocycles. The minimum atomic E-state index is -3.57. The van der Waals surface area contributed by atoms with Crippen LogP contribution in [0.4, 0.5) is 5.69 Å². The number of sulfonamides is 1. The molecule has 1 aromatic heterocycles. The maximum atomic E-state index is 12.5. The minimum Gasteiger partial charge on any atom is -0.332 e. The summed E-state index contributed by atoms with van der Waals surface area (Å²) in [4.78, 5) is 13.0. The Morgan fingerprint density at radius 2 is 1.76 bits per heavy atom. The molecule has 3 rings (SSSR count). The quantitative estimate of drug-likeness (QED) is 0.485. The molecule has 1 heterocycles. The molecule has 0 bridgehead atoms. The van der Waals surface area contributed by atoms with E-state index in [-0.39, 0.29) is 16.0 Å². The van der Waals surface area contributed by atoms with Gasteiger partial charge in [-0.2, -0.15) is 0 Å². The van der Waals surface area contributed by atoms with Crippen molar-refractivity contribution in [2.75, 3.05) is 5.32 Å². The van der Waals surface area contributed by atoms with Gasteiger partial charge in [0, 0.05) is 21.8 Å². The van der Waals surface area contributed by atoms with E-state index in [4.69, 9.17) is 23.8 Å². The van der Waals surface area contributed by atoms with Gasteiger partial charge in [0.05, 0.1) is 9.92 Å². The molecule has 3 N–H and O–H groups in total. The summed E-state index contributed by atoms with van der Waals surface area (Å²) in [5.41, 5.74) is 0.543. The van der Waals surface area contributed by atoms with Crippen LogP contribution < -0.4 is 15.4 Å². The van der Waals surface area contributed by atoms with E-state index >= 15 is 0 Å². The molecule has 0 atom stereocenters. The number of fused-ring (bicyclic) bond motifs is 1. The van der Waals surface area contributed by atoms with Crippen molar-refractivity contribution in [1.29, 1.82) is 0 Å². The molecule has 29 heavy (non-hydrogen) atoms. The lowest BCUT2D eigenvalue weighted by molar-refractivity contribution is 0.0982. The number of hydrogen-bond acceptors (Lipinski definition) is 5. The number of thiophene rings is 1. The van der Waals surface area contributed by atoms with E-state index in [0.717, 1.165) is 10.1 Å². The highest BCUT2D eigenvalue weighted by Gasteiger charge is 2.18. The van der Waals surface area contributed by atoms with Crippen molar-refractivity contribution in [2.24, 2.45) is 0 Å². The predicted molar refractivity (Wildman–Crippen MR) is 122 cm³/mol. The Hall–Kier alpha value is -2.04. The molecular weight excluding hydrogens is 450 g/mol. The second-order valence-corrected chi connectivity index (χ2v) is 10.0. The Balaban J connectivity index is 1.67. The number of benzene rings is 2. The van der Waals surface area contributed by atoms with Crippen molar-refractivity contribution in [1.82, 2.24) is 10.0 Å². The fraction of sp³-hybridized carbons (Fsp3) is 0.158. The number of thiocarbonyl (C=S) groups is 1. The molecule has 0 fully saturated rings. The zero-order valence-corrected chi connectivity index (χ0v) is 18.7. The van der Waals surface area contributed by atoms with Crippen LogP contribution in [0, 0.1) is 0 Å². The molecule has 0 unspecified atom stereocenters. The third-order valence-electron chi connectivity index (χ3n) is 3.78. The molecule has 0 spiro atoms. The van der Waals surface area contributed by atoms with E-state index < -0.39 is 15.9 Å². The number of nitrogens with one attached hydrogen (secondary N) is 3. The van der Waals surface area contributed by atoms with Crippen molar-refractivity contribution in [3.63, 3.8) is 0 Å². The summed E-state index contributed by atoms with van der Waals surface area (Å²) in [5, 5.41) is 6.74. The normalized spacial score (nSPS) is 11.6. The maximum Gasteiger partial charge on any atom is 0.269 e. The lowest BCUT2D eigenvalue weighted by Crippen LogP contribution is -2.33. The van der Waals surface area contributed by atoms with Gasteiger partial charge in [-0.3, -0.25) is 10.1 Å². The highest BCUT2D eigenvalue weighted by Crippen LogP contribution is 2.34. The van der Waals surface area contributed by atoms with Gasteiger partial charge in [-0.15, -0.1) is 11.3 Å². The van der Waals surface area contributed by atoms with Crippen LogP contribution >= 0.6 is 35.2 Å². The SMILES string of the molecule is CC(C)NS(=O)(=O)c1ccc(NC(=S)NC(=O)c2sc3ccccc3c2Cl)cc1. The third-order valence-corrected chi connectivity index (χ3v) is 7.33. The van der Waals surface area contributed by atoms with Crippen LogP contribution in [-0.2, 0) is 10.0 Å². The van der Waals surface area contributed by atoms with Gasteiger partial charge in [-0.25, -0.2) is 13.1 Å². The zero-order chi connectivity index (χ0) is 21.2. The molecule has 0 aliphatic heterocycles. The minimum absolute atomic E-state index is 0.0828. The first kappa shape index (κ1) is 21.7. The molecule has 1 amide bonds. The number of rotatable bonds is 5. The monoisotopic (exact) mass is 467 g/mol. The molecule has 0 aliphatic carbocycles. The average Bonchev–Trinajstić information content (AvgIpc) is 2.98. The summed E-state index contributed by atoms with van der Waals surface area (Å²) in [6, 6.07) is 13.3. The number of halogens is 1. The second-order valence-electron chi connectivity index (χ2n) is 6.45. The Kier molecular flexibility index (Phi) is 6.55. The van der Waals surface area contributed by atoms with E-state index in [1.807, 2.05) is 24.3 Å². The van der Waals surface area contributed by atoms with Crippen molar-refractivity contribution in [3.05, 3.63) is 58.4 Å². The van der Waals surface area contributed by atoms with Gasteiger partial charge in [0.15, 0.2) is 5.11 Å². The van der Waals surface area contributed by atoms with Crippen LogP contribution in [0.5, 0.6) is 0 Å². The van der Waals surface area contributed by atoms with Crippen LogP contribution in [0.2, 0.25) is 5.02 Å². The summed E-state index contributed by atoms with van der Waals surface area (Å²) >= 11 is 12.8. The Morgan fingerprint density at radius 1 is 1.10 bits per heavy atom. The largest absolute Gasteiger partial charge is 0.332 e. The van der Waals surface area contributed by atoms with Crippen molar-refractivity contribution in [2.45, 2.75) is 24.8 Å². The molecule has 10 heteroatoms. The standard InChI is InChI=1S/C19H18ClN3O3S3/c1-11(2)23-29(25,26)13-9-7-12(8-10-13)21-19(27)22-18(24)17-16(20)14-5-3-4-6-15(14)28-17/h3-11,23H,1-2H3,(H2,21,22,24,27). The smallest absolute Gasteiger partial charge is 0.269 e. The topological polar surface area (TPSA) is 87.3 Å². The molecule has 6 nitrogen and oxygen atoms in total. The summed E-state index contributed by atoms with van der Waals surface area (Å²) in [6.45, 7) is 3.49. The van der Waals surface area contributed by atoms with Gasteiger partial charge < -0.3 is 5.32 Å². The Labute approximate surface area is 183 Å².